The van der Waals surface area contributed by atoms with Crippen LogP contribution in [0, 0.1) is 24.0 Å². The number of anilines is 1. The quantitative estimate of drug-likeness (QED) is 0.280. The summed E-state index contributed by atoms with van der Waals surface area (Å²) in [4.78, 5) is 31.9. The van der Waals surface area contributed by atoms with Crippen molar-refractivity contribution in [2.75, 3.05) is 31.1 Å². The highest BCUT2D eigenvalue weighted by Crippen LogP contribution is 2.33. The lowest BCUT2D eigenvalue weighted by molar-refractivity contribution is -0.384. The second-order valence-corrected chi connectivity index (χ2v) is 10.9. The summed E-state index contributed by atoms with van der Waals surface area (Å²) in [5.74, 6) is 0.640. The Balaban J connectivity index is 1.55. The van der Waals surface area contributed by atoms with Gasteiger partial charge in [0.05, 0.1) is 16.0 Å². The Morgan fingerprint density at radius 3 is 2.36 bits per heavy atom. The van der Waals surface area contributed by atoms with Gasteiger partial charge in [-0.05, 0) is 73.9 Å². The minimum Gasteiger partial charge on any atom is -0.369 e. The predicted molar refractivity (Wildman–Crippen MR) is 150 cm³/mol. The Labute approximate surface area is 226 Å². The van der Waals surface area contributed by atoms with Crippen LogP contribution < -0.4 is 10.5 Å². The maximum atomic E-state index is 13.7. The van der Waals surface area contributed by atoms with Crippen LogP contribution in [0.15, 0.2) is 47.3 Å². The Bertz CT molecular complexity index is 1570. The smallest absolute Gasteiger partial charge is 0.269 e. The molecule has 1 N–H and O–H groups in total. The highest BCUT2D eigenvalue weighted by Gasteiger charge is 2.36. The molecule has 0 aliphatic carbocycles. The van der Waals surface area contributed by atoms with Gasteiger partial charge in [-0.1, -0.05) is 19.1 Å². The first-order valence-electron chi connectivity index (χ1n) is 13.3. The second kappa shape index (κ2) is 10.2. The van der Waals surface area contributed by atoms with Crippen LogP contribution in [0.25, 0.3) is 10.9 Å². The van der Waals surface area contributed by atoms with E-state index in [4.69, 9.17) is 0 Å². The van der Waals surface area contributed by atoms with E-state index in [0.717, 1.165) is 34.1 Å². The zero-order valence-electron chi connectivity index (χ0n) is 23.0. The molecule has 5 rings (SSSR count). The minimum atomic E-state index is -0.446. The number of rotatable bonds is 7. The third-order valence-corrected chi connectivity index (χ3v) is 8.05. The zero-order valence-corrected chi connectivity index (χ0v) is 23.0. The molecule has 4 aromatic rings. The van der Waals surface area contributed by atoms with Crippen LogP contribution in [0.3, 0.4) is 0 Å². The molecule has 1 saturated heterocycles. The van der Waals surface area contributed by atoms with Gasteiger partial charge in [0, 0.05) is 54.9 Å². The van der Waals surface area contributed by atoms with Crippen molar-refractivity contribution in [2.24, 2.45) is 0 Å². The van der Waals surface area contributed by atoms with Crippen molar-refractivity contribution >= 4 is 22.3 Å². The molecule has 11 heteroatoms. The fourth-order valence-corrected chi connectivity index (χ4v) is 5.26. The molecule has 11 nitrogen and oxygen atoms in total. The van der Waals surface area contributed by atoms with Crippen LogP contribution in [0.5, 0.6) is 0 Å². The van der Waals surface area contributed by atoms with Crippen LogP contribution in [0.2, 0.25) is 0 Å². The number of aromatic amines is 1. The first kappa shape index (κ1) is 26.5. The average Bonchev–Trinajstić information content (AvgIpc) is 3.42. The number of piperazine rings is 1. The third-order valence-electron chi connectivity index (χ3n) is 8.05. The molecule has 204 valence electrons. The summed E-state index contributed by atoms with van der Waals surface area (Å²) in [6, 6.07) is 12.3. The Morgan fingerprint density at radius 2 is 1.72 bits per heavy atom. The van der Waals surface area contributed by atoms with Crippen molar-refractivity contribution < 1.29 is 4.92 Å². The molecule has 0 spiro atoms. The van der Waals surface area contributed by atoms with E-state index in [1.165, 1.54) is 12.1 Å². The van der Waals surface area contributed by atoms with Gasteiger partial charge in [-0.2, -0.15) is 0 Å². The fraction of sp³-hybridized carbons (Fsp3) is 0.429. The summed E-state index contributed by atoms with van der Waals surface area (Å²) in [5.41, 5.74) is 4.08. The van der Waals surface area contributed by atoms with Crippen molar-refractivity contribution in [3.63, 3.8) is 0 Å². The molecule has 39 heavy (non-hydrogen) atoms. The van der Waals surface area contributed by atoms with Crippen LogP contribution in [0.1, 0.15) is 55.7 Å². The lowest BCUT2D eigenvalue weighted by Crippen LogP contribution is -2.49. The molecular formula is C28H34N8O3. The Morgan fingerprint density at radius 1 is 1.05 bits per heavy atom. The number of hydrogen-bond acceptors (Lipinski definition) is 8. The van der Waals surface area contributed by atoms with Gasteiger partial charge in [0.1, 0.15) is 6.04 Å². The van der Waals surface area contributed by atoms with Crippen LogP contribution in [0.4, 0.5) is 11.4 Å². The van der Waals surface area contributed by atoms with Crippen molar-refractivity contribution in [3.05, 3.63) is 85.4 Å². The highest BCUT2D eigenvalue weighted by atomic mass is 16.6. The summed E-state index contributed by atoms with van der Waals surface area (Å²) < 4.78 is 1.85. The van der Waals surface area contributed by atoms with Gasteiger partial charge < -0.3 is 9.88 Å². The van der Waals surface area contributed by atoms with Gasteiger partial charge >= 0.3 is 0 Å². The average molecular weight is 531 g/mol. The number of pyridine rings is 1. The first-order chi connectivity index (χ1) is 18.6. The molecule has 0 bridgehead atoms. The van der Waals surface area contributed by atoms with Crippen LogP contribution in [-0.2, 0) is 5.54 Å². The standard InChI is InChI=1S/C28H34N8O3/c1-6-28(4,5)35-26(30-31-32-35)25(23-17-22-18(2)7-8-19(3)24(22)29-27(23)37)34-15-13-33(14-16-34)20-9-11-21(12-10-20)36(38)39/h7-12,17,25H,6,13-16H2,1-5H3,(H,29,37)/t25-/m0/s1. The van der Waals surface area contributed by atoms with Gasteiger partial charge in [0.2, 0.25) is 0 Å². The molecule has 1 aliphatic heterocycles. The summed E-state index contributed by atoms with van der Waals surface area (Å²) in [6.45, 7) is 13.0. The monoisotopic (exact) mass is 530 g/mol. The van der Waals surface area contributed by atoms with E-state index in [1.54, 1.807) is 12.1 Å². The molecule has 0 saturated carbocycles. The predicted octanol–water partition coefficient (Wildman–Crippen LogP) is 4.10. The number of aromatic nitrogens is 5. The van der Waals surface area contributed by atoms with Crippen molar-refractivity contribution in [1.82, 2.24) is 30.1 Å². The summed E-state index contributed by atoms with van der Waals surface area (Å²) in [6.07, 6.45) is 0.818. The van der Waals surface area contributed by atoms with Crippen molar-refractivity contribution in [3.8, 4) is 0 Å². The fourth-order valence-electron chi connectivity index (χ4n) is 5.26. The van der Waals surface area contributed by atoms with Crippen molar-refractivity contribution in [2.45, 2.75) is 52.6 Å². The van der Waals surface area contributed by atoms with E-state index in [0.29, 0.717) is 37.6 Å². The highest BCUT2D eigenvalue weighted by molar-refractivity contribution is 5.85. The molecule has 2 aromatic heterocycles. The molecule has 1 fully saturated rings. The van der Waals surface area contributed by atoms with Gasteiger partial charge in [-0.15, -0.1) is 5.10 Å². The van der Waals surface area contributed by atoms with Crippen LogP contribution in [-0.4, -0.2) is 61.2 Å². The van der Waals surface area contributed by atoms with Crippen LogP contribution >= 0.6 is 0 Å². The second-order valence-electron chi connectivity index (χ2n) is 10.9. The van der Waals surface area contributed by atoms with E-state index in [9.17, 15) is 14.9 Å². The SMILES string of the molecule is CCC(C)(C)n1nnnc1[C@H](c1cc2c(C)ccc(C)c2[nH]c1=O)N1CCN(c2ccc([N+](=O)[O-])cc2)CC1. The number of non-ortho nitro benzene ring substituents is 1. The van der Waals surface area contributed by atoms with E-state index in [-0.39, 0.29) is 16.8 Å². The van der Waals surface area contributed by atoms with Gasteiger partial charge in [0.25, 0.3) is 11.2 Å². The van der Waals surface area contributed by atoms with E-state index < -0.39 is 11.0 Å². The van der Waals surface area contributed by atoms with Gasteiger partial charge in [-0.3, -0.25) is 19.8 Å². The number of nitro groups is 1. The number of fused-ring (bicyclic) bond motifs is 1. The van der Waals surface area contributed by atoms with E-state index in [1.807, 2.05) is 30.7 Å². The van der Waals surface area contributed by atoms with Crippen molar-refractivity contribution in [1.29, 1.82) is 0 Å². The maximum Gasteiger partial charge on any atom is 0.269 e. The number of aryl methyl sites for hydroxylation is 2. The molecule has 0 radical (unpaired) electrons. The summed E-state index contributed by atoms with van der Waals surface area (Å²) in [5, 5.41) is 25.0. The third kappa shape index (κ3) is 4.89. The summed E-state index contributed by atoms with van der Waals surface area (Å²) in [7, 11) is 0. The lowest BCUT2D eigenvalue weighted by Gasteiger charge is -2.40. The maximum absolute atomic E-state index is 13.7. The number of benzene rings is 2. The minimum absolute atomic E-state index is 0.0730. The topological polar surface area (TPSA) is 126 Å². The van der Waals surface area contributed by atoms with Gasteiger partial charge in [0.15, 0.2) is 5.82 Å². The number of nitrogens with zero attached hydrogens (tertiary/aromatic N) is 7. The largest absolute Gasteiger partial charge is 0.369 e. The normalized spacial score (nSPS) is 15.6. The molecule has 1 aliphatic rings. The van der Waals surface area contributed by atoms with E-state index in [2.05, 4.69) is 57.1 Å². The molecule has 0 unspecified atom stereocenters. The zero-order chi connectivity index (χ0) is 27.9. The molecule has 3 heterocycles. The molecular weight excluding hydrogens is 496 g/mol. The first-order valence-corrected chi connectivity index (χ1v) is 13.3. The van der Waals surface area contributed by atoms with Gasteiger partial charge in [-0.25, -0.2) is 4.68 Å². The Kier molecular flexibility index (Phi) is 6.94. The van der Waals surface area contributed by atoms with E-state index >= 15 is 0 Å². The lowest BCUT2D eigenvalue weighted by atomic mass is 9.97. The molecule has 1 atom stereocenters. The molecule has 2 aromatic carbocycles. The number of nitro benzene ring substituents is 1. The number of nitrogens with one attached hydrogen (secondary N) is 1. The number of hydrogen-bond donors (Lipinski definition) is 1. The summed E-state index contributed by atoms with van der Waals surface area (Å²) >= 11 is 0. The number of H-pyrrole nitrogens is 1. The number of tetrazole rings is 1. The Hall–Kier alpha value is -4.12. The molecule has 0 amide bonds.